The molecule has 5 nitrogen and oxygen atoms in total. The third-order valence-electron chi connectivity index (χ3n) is 4.03. The molecule has 1 amide bonds. The van der Waals surface area contributed by atoms with Crippen LogP contribution in [0.1, 0.15) is 23.1 Å². The third-order valence-corrected chi connectivity index (χ3v) is 4.03. The molecule has 3 aromatic rings. The number of aryl methyl sites for hydroxylation is 1. The molecule has 5 heteroatoms. The van der Waals surface area contributed by atoms with E-state index in [1.165, 1.54) is 0 Å². The van der Waals surface area contributed by atoms with E-state index in [4.69, 9.17) is 4.74 Å². The maximum Gasteiger partial charge on any atom is 0.278 e. The Morgan fingerprint density at radius 1 is 1.12 bits per heavy atom. The van der Waals surface area contributed by atoms with Crippen molar-refractivity contribution in [2.75, 3.05) is 18.6 Å². The van der Waals surface area contributed by atoms with E-state index in [0.29, 0.717) is 12.2 Å². The number of carbonyl (C=O) groups is 1. The van der Waals surface area contributed by atoms with Gasteiger partial charge in [-0.15, -0.1) is 0 Å². The van der Waals surface area contributed by atoms with Crippen molar-refractivity contribution in [1.82, 2.24) is 9.78 Å². The number of hydrogen-bond donors (Lipinski definition) is 0. The molecule has 0 atom stereocenters. The van der Waals surface area contributed by atoms with Crippen LogP contribution in [0.4, 0.5) is 5.69 Å². The number of amides is 1. The van der Waals surface area contributed by atoms with Crippen molar-refractivity contribution in [2.45, 2.75) is 13.8 Å². The lowest BCUT2D eigenvalue weighted by atomic mass is 10.2. The van der Waals surface area contributed by atoms with Gasteiger partial charge in [-0.25, -0.2) is 4.68 Å². The Morgan fingerprint density at radius 3 is 2.56 bits per heavy atom. The second kappa shape index (κ2) is 7.21. The van der Waals surface area contributed by atoms with Crippen molar-refractivity contribution in [3.05, 3.63) is 72.1 Å². The van der Waals surface area contributed by atoms with E-state index in [1.54, 1.807) is 16.7 Å². The maximum atomic E-state index is 12.9. The lowest BCUT2D eigenvalue weighted by Gasteiger charge is -2.19. The first kappa shape index (κ1) is 16.8. The van der Waals surface area contributed by atoms with E-state index in [0.717, 1.165) is 22.8 Å². The van der Waals surface area contributed by atoms with Crippen LogP contribution >= 0.6 is 0 Å². The quantitative estimate of drug-likeness (QED) is 0.711. The number of methoxy groups -OCH3 is 1. The highest BCUT2D eigenvalue weighted by Crippen LogP contribution is 2.20. The lowest BCUT2D eigenvalue weighted by molar-refractivity contribution is 0.0983. The monoisotopic (exact) mass is 335 g/mol. The van der Waals surface area contributed by atoms with E-state index in [1.807, 2.05) is 74.5 Å². The summed E-state index contributed by atoms with van der Waals surface area (Å²) < 4.78 is 7.03. The van der Waals surface area contributed by atoms with Crippen LogP contribution in [-0.2, 0) is 0 Å². The number of carbonyl (C=O) groups excluding carboxylic acids is 1. The summed E-state index contributed by atoms with van der Waals surface area (Å²) in [4.78, 5) is 14.6. The van der Waals surface area contributed by atoms with Crippen LogP contribution in [0.5, 0.6) is 5.75 Å². The topological polar surface area (TPSA) is 47.4 Å². The molecule has 0 saturated carbocycles. The molecule has 0 aliphatic carbocycles. The predicted molar refractivity (Wildman–Crippen MR) is 98.6 cm³/mol. The van der Waals surface area contributed by atoms with Crippen LogP contribution in [0, 0.1) is 6.92 Å². The van der Waals surface area contributed by atoms with Gasteiger partial charge in [-0.1, -0.05) is 24.3 Å². The minimum absolute atomic E-state index is 0.113. The van der Waals surface area contributed by atoms with Crippen molar-refractivity contribution in [1.29, 1.82) is 0 Å². The van der Waals surface area contributed by atoms with Crippen molar-refractivity contribution in [2.24, 2.45) is 0 Å². The van der Waals surface area contributed by atoms with Gasteiger partial charge >= 0.3 is 0 Å². The number of benzene rings is 2. The second-order valence-corrected chi connectivity index (χ2v) is 5.67. The Hall–Kier alpha value is -3.08. The molecule has 25 heavy (non-hydrogen) atoms. The standard InChI is InChI=1S/C20H21N3O2/c1-4-22(16-9-6-5-7-10-16)20(24)19-13-15(2)23(21-19)17-11-8-12-18(14-17)25-3/h5-14H,4H2,1-3H3. The van der Waals surface area contributed by atoms with E-state index >= 15 is 0 Å². The molecule has 0 fully saturated rings. The van der Waals surface area contributed by atoms with Gasteiger partial charge in [0.15, 0.2) is 5.69 Å². The minimum Gasteiger partial charge on any atom is -0.497 e. The van der Waals surface area contributed by atoms with E-state index in [2.05, 4.69) is 5.10 Å². The number of aromatic nitrogens is 2. The van der Waals surface area contributed by atoms with Gasteiger partial charge in [-0.05, 0) is 44.2 Å². The molecule has 0 N–H and O–H groups in total. The predicted octanol–water partition coefficient (Wildman–Crippen LogP) is 3.86. The summed E-state index contributed by atoms with van der Waals surface area (Å²) in [5, 5.41) is 4.52. The summed E-state index contributed by atoms with van der Waals surface area (Å²) in [6.07, 6.45) is 0. The highest BCUT2D eigenvalue weighted by Gasteiger charge is 2.20. The first-order valence-corrected chi connectivity index (χ1v) is 8.22. The number of anilines is 1. The Labute approximate surface area is 147 Å². The van der Waals surface area contributed by atoms with Gasteiger partial charge in [0, 0.05) is 24.0 Å². The zero-order valence-corrected chi connectivity index (χ0v) is 14.6. The fourth-order valence-electron chi connectivity index (χ4n) is 2.77. The van der Waals surface area contributed by atoms with Gasteiger partial charge in [-0.3, -0.25) is 4.79 Å². The van der Waals surface area contributed by atoms with Crippen molar-refractivity contribution in [3.63, 3.8) is 0 Å². The smallest absolute Gasteiger partial charge is 0.278 e. The number of ether oxygens (including phenoxy) is 1. The molecule has 1 heterocycles. The molecule has 0 aliphatic rings. The van der Waals surface area contributed by atoms with E-state index in [9.17, 15) is 4.79 Å². The van der Waals surface area contributed by atoms with E-state index in [-0.39, 0.29) is 5.91 Å². The molecule has 0 unspecified atom stereocenters. The van der Waals surface area contributed by atoms with Crippen LogP contribution in [0.25, 0.3) is 5.69 Å². The highest BCUT2D eigenvalue weighted by atomic mass is 16.5. The molecule has 128 valence electrons. The lowest BCUT2D eigenvalue weighted by Crippen LogP contribution is -2.31. The molecule has 0 spiro atoms. The molecule has 2 aromatic carbocycles. The number of rotatable bonds is 5. The second-order valence-electron chi connectivity index (χ2n) is 5.67. The summed E-state index contributed by atoms with van der Waals surface area (Å²) >= 11 is 0. The Balaban J connectivity index is 1.94. The van der Waals surface area contributed by atoms with Gasteiger partial charge in [0.25, 0.3) is 5.91 Å². The average molecular weight is 335 g/mol. The first-order chi connectivity index (χ1) is 12.1. The van der Waals surface area contributed by atoms with Gasteiger partial charge in [0.2, 0.25) is 0 Å². The maximum absolute atomic E-state index is 12.9. The van der Waals surface area contributed by atoms with Crippen LogP contribution < -0.4 is 9.64 Å². The van der Waals surface area contributed by atoms with Gasteiger partial charge in [0.1, 0.15) is 5.75 Å². The SMILES string of the molecule is CCN(C(=O)c1cc(C)n(-c2cccc(OC)c2)n1)c1ccccc1. The molecule has 1 aromatic heterocycles. The van der Waals surface area contributed by atoms with Gasteiger partial charge < -0.3 is 9.64 Å². The molecule has 0 saturated heterocycles. The summed E-state index contributed by atoms with van der Waals surface area (Å²) in [5.74, 6) is 0.637. The van der Waals surface area contributed by atoms with Crippen LogP contribution in [0.15, 0.2) is 60.7 Å². The summed E-state index contributed by atoms with van der Waals surface area (Å²) in [5.41, 5.74) is 3.04. The van der Waals surface area contributed by atoms with Crippen molar-refractivity contribution < 1.29 is 9.53 Å². The Morgan fingerprint density at radius 2 is 1.88 bits per heavy atom. The molecular formula is C20H21N3O2. The summed E-state index contributed by atoms with van der Waals surface area (Å²) in [7, 11) is 1.63. The van der Waals surface area contributed by atoms with Crippen molar-refractivity contribution in [3.8, 4) is 11.4 Å². The van der Waals surface area contributed by atoms with Gasteiger partial charge in [0.05, 0.1) is 12.8 Å². The zero-order chi connectivity index (χ0) is 17.8. The van der Waals surface area contributed by atoms with Crippen LogP contribution in [-0.4, -0.2) is 29.3 Å². The molecule has 0 radical (unpaired) electrons. The normalized spacial score (nSPS) is 10.5. The third kappa shape index (κ3) is 3.40. The van der Waals surface area contributed by atoms with E-state index < -0.39 is 0 Å². The molecule has 0 aliphatic heterocycles. The number of para-hydroxylation sites is 1. The Bertz CT molecular complexity index is 872. The number of hydrogen-bond acceptors (Lipinski definition) is 3. The molecule has 3 rings (SSSR count). The van der Waals surface area contributed by atoms with Gasteiger partial charge in [-0.2, -0.15) is 5.10 Å². The summed E-state index contributed by atoms with van der Waals surface area (Å²) in [6, 6.07) is 19.0. The van der Waals surface area contributed by atoms with Crippen LogP contribution in [0.2, 0.25) is 0 Å². The average Bonchev–Trinajstić information content (AvgIpc) is 3.05. The molecular weight excluding hydrogens is 314 g/mol. The first-order valence-electron chi connectivity index (χ1n) is 8.22. The zero-order valence-electron chi connectivity index (χ0n) is 14.6. The minimum atomic E-state index is -0.113. The summed E-state index contributed by atoms with van der Waals surface area (Å²) in [6.45, 7) is 4.47. The highest BCUT2D eigenvalue weighted by molar-refractivity contribution is 6.04. The van der Waals surface area contributed by atoms with Crippen molar-refractivity contribution >= 4 is 11.6 Å². The fraction of sp³-hybridized carbons (Fsp3) is 0.200. The largest absolute Gasteiger partial charge is 0.497 e. The Kier molecular flexibility index (Phi) is 4.84. The fourth-order valence-corrected chi connectivity index (χ4v) is 2.77. The molecule has 0 bridgehead atoms. The number of nitrogens with zero attached hydrogens (tertiary/aromatic N) is 3. The van der Waals surface area contributed by atoms with Crippen LogP contribution in [0.3, 0.4) is 0 Å².